The molecule has 0 N–H and O–H groups in total. The minimum Gasteiger partial charge on any atom is -0.0828 e. The van der Waals surface area contributed by atoms with E-state index in [0.29, 0.717) is 24.6 Å². The first kappa shape index (κ1) is 12.0. The van der Waals surface area contributed by atoms with Crippen molar-refractivity contribution in [2.45, 2.75) is 0 Å². The lowest BCUT2D eigenvalue weighted by Gasteiger charge is -2.06. The normalized spacial score (nSPS) is 10.4. The van der Waals surface area contributed by atoms with Gasteiger partial charge in [0.2, 0.25) is 0 Å². The maximum atomic E-state index is 6.14. The van der Waals surface area contributed by atoms with Crippen molar-refractivity contribution in [2.75, 3.05) is 0 Å². The third-order valence-corrected chi connectivity index (χ3v) is 4.85. The minimum absolute atomic E-state index is 0.435. The number of hydrogen-bond acceptors (Lipinski definition) is 0. The summed E-state index contributed by atoms with van der Waals surface area (Å²) in [6.07, 6.45) is 0. The molecular formula is C12H7Cl3Si. The molecule has 0 heterocycles. The van der Waals surface area contributed by atoms with Gasteiger partial charge in [-0.2, -0.15) is 0 Å². The van der Waals surface area contributed by atoms with Crippen molar-refractivity contribution >= 4 is 54.7 Å². The molecule has 80 valence electrons. The van der Waals surface area contributed by atoms with Gasteiger partial charge in [-0.3, -0.25) is 0 Å². The summed E-state index contributed by atoms with van der Waals surface area (Å²) < 4.78 is 0. The fourth-order valence-corrected chi connectivity index (χ4v) is 3.13. The highest BCUT2D eigenvalue weighted by Gasteiger charge is 2.09. The lowest BCUT2D eigenvalue weighted by Crippen LogP contribution is -2.27. The highest BCUT2D eigenvalue weighted by Crippen LogP contribution is 2.27. The van der Waals surface area contributed by atoms with Gasteiger partial charge < -0.3 is 0 Å². The Balaban J connectivity index is 2.33. The average molecular weight is 286 g/mol. The van der Waals surface area contributed by atoms with Crippen molar-refractivity contribution in [1.29, 1.82) is 0 Å². The molecule has 0 fully saturated rings. The third-order valence-electron chi connectivity index (χ3n) is 2.09. The Hall–Kier alpha value is -0.473. The molecule has 16 heavy (non-hydrogen) atoms. The first-order valence-electron chi connectivity index (χ1n) is 4.64. The molecule has 0 aliphatic rings. The van der Waals surface area contributed by atoms with Gasteiger partial charge >= 0.3 is 0 Å². The summed E-state index contributed by atoms with van der Waals surface area (Å²) in [5, 5.41) is 3.72. The molecule has 0 saturated carbocycles. The van der Waals surface area contributed by atoms with E-state index in [0.717, 1.165) is 5.19 Å². The number of rotatable bonds is 2. The highest BCUT2D eigenvalue weighted by atomic mass is 35.5. The van der Waals surface area contributed by atoms with Crippen LogP contribution < -0.4 is 10.4 Å². The Labute approximate surface area is 112 Å². The maximum absolute atomic E-state index is 6.14. The minimum atomic E-state index is 0.435. The van der Waals surface area contributed by atoms with E-state index in [9.17, 15) is 0 Å². The van der Waals surface area contributed by atoms with E-state index in [1.54, 1.807) is 6.07 Å². The summed E-state index contributed by atoms with van der Waals surface area (Å²) >= 11 is 18.0. The van der Waals surface area contributed by atoms with Crippen molar-refractivity contribution in [3.63, 3.8) is 0 Å². The van der Waals surface area contributed by atoms with Crippen LogP contribution in [0.15, 0.2) is 42.5 Å². The summed E-state index contributed by atoms with van der Waals surface area (Å²) in [5.41, 5.74) is 0. The first-order valence-corrected chi connectivity index (χ1v) is 6.77. The van der Waals surface area contributed by atoms with Crippen LogP contribution in [0.25, 0.3) is 0 Å². The number of benzene rings is 2. The molecule has 0 aromatic heterocycles. The molecule has 0 atom stereocenters. The Morgan fingerprint density at radius 2 is 1.44 bits per heavy atom. The fraction of sp³-hybridized carbons (Fsp3) is 0. The summed E-state index contributed by atoms with van der Waals surface area (Å²) in [7, 11) is 0.493. The van der Waals surface area contributed by atoms with Crippen LogP contribution in [-0.2, 0) is 0 Å². The van der Waals surface area contributed by atoms with Crippen molar-refractivity contribution in [3.05, 3.63) is 57.5 Å². The molecular weight excluding hydrogens is 279 g/mol. The topological polar surface area (TPSA) is 0 Å². The van der Waals surface area contributed by atoms with Crippen LogP contribution in [-0.4, -0.2) is 9.52 Å². The molecule has 0 saturated heterocycles. The van der Waals surface area contributed by atoms with E-state index >= 15 is 0 Å². The molecule has 2 aromatic carbocycles. The highest BCUT2D eigenvalue weighted by molar-refractivity contribution is 6.71. The quantitative estimate of drug-likeness (QED) is 0.587. The van der Waals surface area contributed by atoms with Gasteiger partial charge in [0, 0.05) is 0 Å². The van der Waals surface area contributed by atoms with E-state index in [1.165, 1.54) is 5.19 Å². The summed E-state index contributed by atoms with van der Waals surface area (Å²) in [6, 6.07) is 13.8. The zero-order valence-electron chi connectivity index (χ0n) is 8.18. The lowest BCUT2D eigenvalue weighted by atomic mass is 10.3. The van der Waals surface area contributed by atoms with Crippen molar-refractivity contribution in [1.82, 2.24) is 0 Å². The average Bonchev–Trinajstić information content (AvgIpc) is 2.31. The molecule has 0 nitrogen and oxygen atoms in total. The summed E-state index contributed by atoms with van der Waals surface area (Å²) in [6.45, 7) is 0. The van der Waals surface area contributed by atoms with Gasteiger partial charge in [0.15, 0.2) is 0 Å². The molecule has 0 bridgehead atoms. The van der Waals surface area contributed by atoms with Crippen LogP contribution in [0.2, 0.25) is 15.1 Å². The second kappa shape index (κ2) is 5.24. The SMILES string of the molecule is Clc1ccc([Si]c2ccccc2)c(Cl)c1Cl. The molecule has 2 aromatic rings. The van der Waals surface area contributed by atoms with E-state index < -0.39 is 0 Å². The van der Waals surface area contributed by atoms with Gasteiger partial charge in [-0.25, -0.2) is 0 Å². The molecule has 0 aliphatic carbocycles. The van der Waals surface area contributed by atoms with Gasteiger partial charge in [-0.05, 0) is 11.3 Å². The lowest BCUT2D eigenvalue weighted by molar-refractivity contribution is 1.74. The van der Waals surface area contributed by atoms with Crippen LogP contribution in [0, 0.1) is 0 Å². The predicted octanol–water partition coefficient (Wildman–Crippen LogP) is 3.30. The standard InChI is InChI=1S/C12H7Cl3Si/c13-9-6-7-10(12(15)11(9)14)16-8-4-2-1-3-5-8/h1-7H. The van der Waals surface area contributed by atoms with E-state index in [1.807, 2.05) is 24.3 Å². The Morgan fingerprint density at radius 1 is 0.750 bits per heavy atom. The van der Waals surface area contributed by atoms with Crippen LogP contribution in [0.5, 0.6) is 0 Å². The van der Waals surface area contributed by atoms with E-state index in [2.05, 4.69) is 12.1 Å². The Morgan fingerprint density at radius 3 is 2.12 bits per heavy atom. The second-order valence-electron chi connectivity index (χ2n) is 3.21. The predicted molar refractivity (Wildman–Crippen MR) is 72.9 cm³/mol. The number of hydrogen-bond donors (Lipinski definition) is 0. The van der Waals surface area contributed by atoms with Gasteiger partial charge in [0.25, 0.3) is 0 Å². The molecule has 0 unspecified atom stereocenters. The molecule has 0 aliphatic heterocycles. The maximum Gasteiger partial charge on any atom is 0.123 e. The Kier molecular flexibility index (Phi) is 3.93. The van der Waals surface area contributed by atoms with Crippen LogP contribution in [0.1, 0.15) is 0 Å². The van der Waals surface area contributed by atoms with Crippen molar-refractivity contribution in [2.24, 2.45) is 0 Å². The van der Waals surface area contributed by atoms with Gasteiger partial charge in [-0.15, -0.1) is 0 Å². The van der Waals surface area contributed by atoms with Gasteiger partial charge in [0.05, 0.1) is 15.1 Å². The third kappa shape index (κ3) is 2.61. The second-order valence-corrected chi connectivity index (χ2v) is 5.74. The zero-order valence-corrected chi connectivity index (χ0v) is 11.4. The zero-order chi connectivity index (χ0) is 11.5. The first-order chi connectivity index (χ1) is 7.68. The molecule has 2 rings (SSSR count). The Bertz CT molecular complexity index is 497. The van der Waals surface area contributed by atoms with Crippen LogP contribution in [0.4, 0.5) is 0 Å². The monoisotopic (exact) mass is 284 g/mol. The molecule has 2 radical (unpaired) electrons. The van der Waals surface area contributed by atoms with Crippen molar-refractivity contribution < 1.29 is 0 Å². The van der Waals surface area contributed by atoms with Gasteiger partial charge in [0.1, 0.15) is 9.52 Å². The summed E-state index contributed by atoms with van der Waals surface area (Å²) in [4.78, 5) is 0. The van der Waals surface area contributed by atoms with Crippen molar-refractivity contribution in [3.8, 4) is 0 Å². The van der Waals surface area contributed by atoms with Gasteiger partial charge in [-0.1, -0.05) is 76.4 Å². The molecule has 4 heteroatoms. The number of halogens is 3. The van der Waals surface area contributed by atoms with E-state index in [-0.39, 0.29) is 0 Å². The van der Waals surface area contributed by atoms with Crippen LogP contribution in [0.3, 0.4) is 0 Å². The molecule has 0 spiro atoms. The summed E-state index contributed by atoms with van der Waals surface area (Å²) in [5.74, 6) is 0. The van der Waals surface area contributed by atoms with Crippen LogP contribution >= 0.6 is 34.8 Å². The van der Waals surface area contributed by atoms with E-state index in [4.69, 9.17) is 34.8 Å². The fourth-order valence-electron chi connectivity index (χ4n) is 1.30. The molecule has 0 amide bonds. The smallest absolute Gasteiger partial charge is 0.0828 e. The largest absolute Gasteiger partial charge is 0.123 e.